The highest BCUT2D eigenvalue weighted by molar-refractivity contribution is 7.09. The Morgan fingerprint density at radius 1 is 1.42 bits per heavy atom. The molecule has 2 heterocycles. The molecular formula is C13H21N5S. The van der Waals surface area contributed by atoms with Crippen molar-refractivity contribution in [2.24, 2.45) is 7.05 Å². The molecule has 0 aromatic carbocycles. The lowest BCUT2D eigenvalue weighted by Gasteiger charge is -2.15. The molecule has 1 unspecified atom stereocenters. The standard InChI is InChI=1S/C13H21N5S/c1-4-5-14-11(6-12-8-18(3)17-16-12)7-13-15-10(2)9-19-13/h8-9,11,14H,4-7H2,1-3H3. The van der Waals surface area contributed by atoms with Gasteiger partial charge in [-0.25, -0.2) is 4.98 Å². The lowest BCUT2D eigenvalue weighted by molar-refractivity contribution is 0.499. The topological polar surface area (TPSA) is 55.6 Å². The van der Waals surface area contributed by atoms with Crippen LogP contribution in [0.2, 0.25) is 0 Å². The summed E-state index contributed by atoms with van der Waals surface area (Å²) in [4.78, 5) is 4.54. The summed E-state index contributed by atoms with van der Waals surface area (Å²) in [5, 5.41) is 15.0. The van der Waals surface area contributed by atoms with Crippen molar-refractivity contribution in [2.45, 2.75) is 39.2 Å². The minimum atomic E-state index is 0.377. The van der Waals surface area contributed by atoms with Gasteiger partial charge in [-0.2, -0.15) is 0 Å². The summed E-state index contributed by atoms with van der Waals surface area (Å²) in [5.41, 5.74) is 2.14. The molecule has 0 aliphatic carbocycles. The van der Waals surface area contributed by atoms with Crippen LogP contribution >= 0.6 is 11.3 Å². The number of hydrogen-bond donors (Lipinski definition) is 1. The monoisotopic (exact) mass is 279 g/mol. The molecule has 1 N–H and O–H groups in total. The van der Waals surface area contributed by atoms with E-state index in [1.54, 1.807) is 16.0 Å². The van der Waals surface area contributed by atoms with Gasteiger partial charge in [-0.1, -0.05) is 12.1 Å². The van der Waals surface area contributed by atoms with E-state index < -0.39 is 0 Å². The van der Waals surface area contributed by atoms with Crippen LogP contribution in [0.1, 0.15) is 29.7 Å². The molecule has 104 valence electrons. The van der Waals surface area contributed by atoms with E-state index in [4.69, 9.17) is 0 Å². The quantitative estimate of drug-likeness (QED) is 0.838. The summed E-state index contributed by atoms with van der Waals surface area (Å²) in [6.07, 6.45) is 4.96. The average molecular weight is 279 g/mol. The Morgan fingerprint density at radius 3 is 2.84 bits per heavy atom. The fourth-order valence-corrected chi connectivity index (χ4v) is 2.87. The summed E-state index contributed by atoms with van der Waals surface area (Å²) in [6.45, 7) is 5.24. The Kier molecular flexibility index (Phi) is 5.04. The number of nitrogens with zero attached hydrogens (tertiary/aromatic N) is 4. The zero-order valence-corrected chi connectivity index (χ0v) is 12.6. The minimum absolute atomic E-state index is 0.377. The van der Waals surface area contributed by atoms with E-state index in [2.05, 4.69) is 32.9 Å². The van der Waals surface area contributed by atoms with E-state index in [0.717, 1.165) is 37.2 Å². The van der Waals surface area contributed by atoms with Gasteiger partial charge < -0.3 is 5.32 Å². The Bertz CT molecular complexity index is 462. The van der Waals surface area contributed by atoms with E-state index in [9.17, 15) is 0 Å². The molecule has 0 radical (unpaired) electrons. The SMILES string of the molecule is CCCNC(Cc1cn(C)nn1)Cc1nc(C)cs1. The van der Waals surface area contributed by atoms with Crippen LogP contribution in [-0.4, -0.2) is 32.6 Å². The van der Waals surface area contributed by atoms with Gasteiger partial charge in [0.15, 0.2) is 0 Å². The Labute approximate surface area is 118 Å². The zero-order valence-electron chi connectivity index (χ0n) is 11.8. The molecule has 19 heavy (non-hydrogen) atoms. The molecule has 0 aliphatic heterocycles. The van der Waals surface area contributed by atoms with Crippen molar-refractivity contribution in [2.75, 3.05) is 6.54 Å². The largest absolute Gasteiger partial charge is 0.313 e. The molecule has 0 bridgehead atoms. The maximum Gasteiger partial charge on any atom is 0.0943 e. The van der Waals surface area contributed by atoms with E-state index in [0.29, 0.717) is 6.04 Å². The first-order valence-electron chi connectivity index (χ1n) is 6.67. The van der Waals surface area contributed by atoms with Crippen LogP contribution in [0.3, 0.4) is 0 Å². The van der Waals surface area contributed by atoms with Crippen LogP contribution in [0.5, 0.6) is 0 Å². The average Bonchev–Trinajstić information content (AvgIpc) is 2.95. The van der Waals surface area contributed by atoms with Crippen molar-refractivity contribution >= 4 is 11.3 Å². The number of rotatable bonds is 7. The first-order chi connectivity index (χ1) is 9.17. The second-order valence-corrected chi connectivity index (χ2v) is 5.77. The van der Waals surface area contributed by atoms with E-state index in [1.807, 2.05) is 20.2 Å². The molecule has 5 nitrogen and oxygen atoms in total. The molecule has 6 heteroatoms. The Balaban J connectivity index is 1.98. The minimum Gasteiger partial charge on any atom is -0.313 e. The van der Waals surface area contributed by atoms with Crippen LogP contribution in [0.15, 0.2) is 11.6 Å². The fourth-order valence-electron chi connectivity index (χ4n) is 2.01. The van der Waals surface area contributed by atoms with Gasteiger partial charge in [0, 0.05) is 43.2 Å². The number of aromatic nitrogens is 4. The molecule has 2 aromatic heterocycles. The maximum atomic E-state index is 4.54. The number of thiazole rings is 1. The summed E-state index contributed by atoms with van der Waals surface area (Å²) in [6, 6.07) is 0.377. The van der Waals surface area contributed by atoms with Crippen molar-refractivity contribution in [1.29, 1.82) is 0 Å². The molecular weight excluding hydrogens is 258 g/mol. The number of aryl methyl sites for hydroxylation is 2. The van der Waals surface area contributed by atoms with E-state index in [-0.39, 0.29) is 0 Å². The molecule has 2 aromatic rings. The Morgan fingerprint density at radius 2 is 2.26 bits per heavy atom. The summed E-state index contributed by atoms with van der Waals surface area (Å²) >= 11 is 1.73. The van der Waals surface area contributed by atoms with Crippen molar-refractivity contribution in [3.8, 4) is 0 Å². The lowest BCUT2D eigenvalue weighted by atomic mass is 10.1. The van der Waals surface area contributed by atoms with E-state index >= 15 is 0 Å². The first kappa shape index (κ1) is 14.1. The highest BCUT2D eigenvalue weighted by Gasteiger charge is 2.13. The van der Waals surface area contributed by atoms with Crippen molar-refractivity contribution in [1.82, 2.24) is 25.3 Å². The van der Waals surface area contributed by atoms with Crippen LogP contribution in [-0.2, 0) is 19.9 Å². The zero-order chi connectivity index (χ0) is 13.7. The third-order valence-corrected chi connectivity index (χ3v) is 3.87. The molecule has 0 saturated heterocycles. The maximum absolute atomic E-state index is 4.54. The van der Waals surface area contributed by atoms with Crippen LogP contribution in [0.4, 0.5) is 0 Å². The normalized spacial score (nSPS) is 12.8. The smallest absolute Gasteiger partial charge is 0.0943 e. The van der Waals surface area contributed by atoms with Crippen LogP contribution < -0.4 is 5.32 Å². The van der Waals surface area contributed by atoms with Gasteiger partial charge in [-0.3, -0.25) is 4.68 Å². The highest BCUT2D eigenvalue weighted by Crippen LogP contribution is 2.13. The van der Waals surface area contributed by atoms with Gasteiger partial charge in [0.1, 0.15) is 0 Å². The molecule has 2 rings (SSSR count). The molecule has 1 atom stereocenters. The van der Waals surface area contributed by atoms with Gasteiger partial charge in [0.2, 0.25) is 0 Å². The molecule has 0 fully saturated rings. The van der Waals surface area contributed by atoms with Gasteiger partial charge >= 0.3 is 0 Å². The first-order valence-corrected chi connectivity index (χ1v) is 7.55. The third kappa shape index (κ3) is 4.40. The molecule has 0 aliphatic rings. The van der Waals surface area contributed by atoms with Crippen LogP contribution in [0, 0.1) is 6.92 Å². The number of hydrogen-bond acceptors (Lipinski definition) is 5. The highest BCUT2D eigenvalue weighted by atomic mass is 32.1. The Hall–Kier alpha value is -1.27. The van der Waals surface area contributed by atoms with E-state index in [1.165, 1.54) is 5.01 Å². The third-order valence-electron chi connectivity index (χ3n) is 2.88. The van der Waals surface area contributed by atoms with Crippen molar-refractivity contribution in [3.63, 3.8) is 0 Å². The number of nitrogens with one attached hydrogen (secondary N) is 1. The van der Waals surface area contributed by atoms with Gasteiger partial charge in [-0.05, 0) is 19.9 Å². The second-order valence-electron chi connectivity index (χ2n) is 4.83. The predicted molar refractivity (Wildman–Crippen MR) is 77.3 cm³/mol. The summed E-state index contributed by atoms with van der Waals surface area (Å²) < 4.78 is 1.75. The van der Waals surface area contributed by atoms with Gasteiger partial charge in [-0.15, -0.1) is 16.4 Å². The van der Waals surface area contributed by atoms with Crippen LogP contribution in [0.25, 0.3) is 0 Å². The summed E-state index contributed by atoms with van der Waals surface area (Å²) in [5.74, 6) is 0. The molecule has 0 amide bonds. The van der Waals surface area contributed by atoms with Crippen molar-refractivity contribution < 1.29 is 0 Å². The van der Waals surface area contributed by atoms with Gasteiger partial charge in [0.05, 0.1) is 10.7 Å². The lowest BCUT2D eigenvalue weighted by Crippen LogP contribution is -2.34. The molecule has 0 spiro atoms. The second kappa shape index (κ2) is 6.77. The van der Waals surface area contributed by atoms with Crippen molar-refractivity contribution in [3.05, 3.63) is 28.0 Å². The fraction of sp³-hybridized carbons (Fsp3) is 0.615. The predicted octanol–water partition coefficient (Wildman–Crippen LogP) is 1.73. The van der Waals surface area contributed by atoms with Gasteiger partial charge in [0.25, 0.3) is 0 Å². The summed E-state index contributed by atoms with van der Waals surface area (Å²) in [7, 11) is 1.90. The molecule has 0 saturated carbocycles.